The predicted octanol–water partition coefficient (Wildman–Crippen LogP) is 0.921. The Hall–Kier alpha value is -1.43. The summed E-state index contributed by atoms with van der Waals surface area (Å²) in [7, 11) is 1.60. The molecule has 0 saturated carbocycles. The van der Waals surface area contributed by atoms with E-state index in [0.717, 1.165) is 11.3 Å². The summed E-state index contributed by atoms with van der Waals surface area (Å²) in [5, 5.41) is 14.8. The fourth-order valence-electron chi connectivity index (χ4n) is 1.77. The van der Waals surface area contributed by atoms with Crippen LogP contribution in [0.25, 0.3) is 0 Å². The Balaban J connectivity index is 2.38. The average molecular weight is 266 g/mol. The summed E-state index contributed by atoms with van der Waals surface area (Å²) >= 11 is 0. The topological polar surface area (TPSA) is 70.6 Å². The van der Waals surface area contributed by atoms with E-state index in [1.54, 1.807) is 7.11 Å². The van der Waals surface area contributed by atoms with E-state index in [0.29, 0.717) is 13.0 Å². The fraction of sp³-hybridized carbons (Fsp3) is 0.500. The van der Waals surface area contributed by atoms with E-state index in [-0.39, 0.29) is 25.1 Å². The zero-order chi connectivity index (χ0) is 14.1. The van der Waals surface area contributed by atoms with Gasteiger partial charge in [-0.3, -0.25) is 4.79 Å². The smallest absolute Gasteiger partial charge is 0.238 e. The number of anilines is 1. The van der Waals surface area contributed by atoms with Gasteiger partial charge in [0, 0.05) is 25.4 Å². The lowest BCUT2D eigenvalue weighted by molar-refractivity contribution is -0.115. The molecule has 1 rings (SSSR count). The Morgan fingerprint density at radius 1 is 1.47 bits per heavy atom. The van der Waals surface area contributed by atoms with Gasteiger partial charge in [0.2, 0.25) is 5.91 Å². The van der Waals surface area contributed by atoms with Crippen LogP contribution in [0.5, 0.6) is 0 Å². The lowest BCUT2D eigenvalue weighted by Gasteiger charge is -2.16. The second-order valence-electron chi connectivity index (χ2n) is 4.46. The SMILES string of the molecule is COCC(CCO)NCC(=O)Nc1cccc(C)c1. The first kappa shape index (κ1) is 15.6. The molecule has 0 bridgehead atoms. The first-order chi connectivity index (χ1) is 9.15. The molecule has 0 spiro atoms. The van der Waals surface area contributed by atoms with Crippen LogP contribution >= 0.6 is 0 Å². The van der Waals surface area contributed by atoms with Crippen molar-refractivity contribution in [3.05, 3.63) is 29.8 Å². The molecule has 1 aromatic carbocycles. The zero-order valence-electron chi connectivity index (χ0n) is 11.5. The Kier molecular flexibility index (Phi) is 7.10. The fourth-order valence-corrected chi connectivity index (χ4v) is 1.77. The average Bonchev–Trinajstić information content (AvgIpc) is 2.36. The molecule has 1 unspecified atom stereocenters. The number of aryl methyl sites for hydroxylation is 1. The van der Waals surface area contributed by atoms with Gasteiger partial charge >= 0.3 is 0 Å². The van der Waals surface area contributed by atoms with Crippen LogP contribution in [0.1, 0.15) is 12.0 Å². The largest absolute Gasteiger partial charge is 0.396 e. The molecule has 106 valence electrons. The molecule has 0 aliphatic carbocycles. The molecule has 19 heavy (non-hydrogen) atoms. The molecular formula is C14H22N2O3. The number of aliphatic hydroxyl groups is 1. The second-order valence-corrected chi connectivity index (χ2v) is 4.46. The van der Waals surface area contributed by atoms with Gasteiger partial charge < -0.3 is 20.5 Å². The van der Waals surface area contributed by atoms with Crippen LogP contribution in [-0.4, -0.2) is 43.9 Å². The number of benzene rings is 1. The van der Waals surface area contributed by atoms with Crippen molar-refractivity contribution in [2.45, 2.75) is 19.4 Å². The zero-order valence-corrected chi connectivity index (χ0v) is 11.5. The van der Waals surface area contributed by atoms with Gasteiger partial charge in [-0.25, -0.2) is 0 Å². The molecule has 0 aliphatic rings. The second kappa shape index (κ2) is 8.63. The van der Waals surface area contributed by atoms with Gasteiger partial charge in [0.05, 0.1) is 13.2 Å². The van der Waals surface area contributed by atoms with Gasteiger partial charge in [-0.1, -0.05) is 12.1 Å². The van der Waals surface area contributed by atoms with Crippen LogP contribution in [0.15, 0.2) is 24.3 Å². The predicted molar refractivity (Wildman–Crippen MR) is 75.2 cm³/mol. The molecule has 1 amide bonds. The van der Waals surface area contributed by atoms with Crippen LogP contribution < -0.4 is 10.6 Å². The molecule has 3 N–H and O–H groups in total. The number of methoxy groups -OCH3 is 1. The van der Waals surface area contributed by atoms with E-state index in [1.807, 2.05) is 31.2 Å². The molecule has 0 fully saturated rings. The van der Waals surface area contributed by atoms with Crippen molar-refractivity contribution in [2.75, 3.05) is 32.2 Å². The van der Waals surface area contributed by atoms with Crippen molar-refractivity contribution in [3.8, 4) is 0 Å². The molecule has 0 aromatic heterocycles. The monoisotopic (exact) mass is 266 g/mol. The van der Waals surface area contributed by atoms with E-state index < -0.39 is 0 Å². The number of hydrogen-bond acceptors (Lipinski definition) is 4. The quantitative estimate of drug-likeness (QED) is 0.654. The number of hydrogen-bond donors (Lipinski definition) is 3. The van der Waals surface area contributed by atoms with Crippen LogP contribution in [0, 0.1) is 6.92 Å². The standard InChI is InChI=1S/C14H22N2O3/c1-11-4-3-5-12(8-11)16-14(18)9-15-13(6-7-17)10-19-2/h3-5,8,13,15,17H,6-7,9-10H2,1-2H3,(H,16,18). The Morgan fingerprint density at radius 2 is 2.26 bits per heavy atom. The van der Waals surface area contributed by atoms with Crippen LogP contribution in [-0.2, 0) is 9.53 Å². The number of aliphatic hydroxyl groups excluding tert-OH is 1. The maximum atomic E-state index is 11.8. The van der Waals surface area contributed by atoms with Gasteiger partial charge in [0.15, 0.2) is 0 Å². The van der Waals surface area contributed by atoms with E-state index >= 15 is 0 Å². The summed E-state index contributed by atoms with van der Waals surface area (Å²) in [5.41, 5.74) is 1.89. The van der Waals surface area contributed by atoms with Crippen molar-refractivity contribution < 1.29 is 14.6 Å². The van der Waals surface area contributed by atoms with E-state index in [2.05, 4.69) is 10.6 Å². The van der Waals surface area contributed by atoms with Gasteiger partial charge in [-0.05, 0) is 31.0 Å². The number of nitrogens with one attached hydrogen (secondary N) is 2. The van der Waals surface area contributed by atoms with Gasteiger partial charge in [-0.15, -0.1) is 0 Å². The molecule has 0 saturated heterocycles. The highest BCUT2D eigenvalue weighted by Gasteiger charge is 2.09. The molecule has 0 heterocycles. The highest BCUT2D eigenvalue weighted by atomic mass is 16.5. The Morgan fingerprint density at radius 3 is 2.89 bits per heavy atom. The molecule has 0 aliphatic heterocycles. The van der Waals surface area contributed by atoms with Crippen molar-refractivity contribution in [1.29, 1.82) is 0 Å². The van der Waals surface area contributed by atoms with Crippen molar-refractivity contribution >= 4 is 11.6 Å². The minimum atomic E-state index is -0.107. The summed E-state index contributed by atoms with van der Waals surface area (Å²) in [4.78, 5) is 11.8. The van der Waals surface area contributed by atoms with E-state index in [1.165, 1.54) is 0 Å². The summed E-state index contributed by atoms with van der Waals surface area (Å²) in [5.74, 6) is -0.107. The molecule has 1 aromatic rings. The van der Waals surface area contributed by atoms with Gasteiger partial charge in [-0.2, -0.15) is 0 Å². The summed E-state index contributed by atoms with van der Waals surface area (Å²) in [6.45, 7) is 2.71. The highest BCUT2D eigenvalue weighted by molar-refractivity contribution is 5.92. The molecule has 5 nitrogen and oxygen atoms in total. The normalized spacial score (nSPS) is 12.2. The summed E-state index contributed by atoms with van der Waals surface area (Å²) < 4.78 is 5.02. The van der Waals surface area contributed by atoms with Gasteiger partial charge in [0.1, 0.15) is 0 Å². The van der Waals surface area contributed by atoms with Crippen molar-refractivity contribution in [3.63, 3.8) is 0 Å². The van der Waals surface area contributed by atoms with Gasteiger partial charge in [0.25, 0.3) is 0 Å². The third-order valence-electron chi connectivity index (χ3n) is 2.70. The minimum absolute atomic E-state index is 0.0155. The molecule has 0 radical (unpaired) electrons. The van der Waals surface area contributed by atoms with Crippen LogP contribution in [0.3, 0.4) is 0 Å². The van der Waals surface area contributed by atoms with E-state index in [4.69, 9.17) is 9.84 Å². The number of carbonyl (C=O) groups excluding carboxylic acids is 1. The van der Waals surface area contributed by atoms with Crippen LogP contribution in [0.4, 0.5) is 5.69 Å². The van der Waals surface area contributed by atoms with Crippen molar-refractivity contribution in [1.82, 2.24) is 5.32 Å². The number of carbonyl (C=O) groups is 1. The summed E-state index contributed by atoms with van der Waals surface area (Å²) in [6.07, 6.45) is 0.561. The highest BCUT2D eigenvalue weighted by Crippen LogP contribution is 2.08. The number of amides is 1. The van der Waals surface area contributed by atoms with Crippen molar-refractivity contribution in [2.24, 2.45) is 0 Å². The maximum Gasteiger partial charge on any atom is 0.238 e. The Bertz CT molecular complexity index is 390. The minimum Gasteiger partial charge on any atom is -0.396 e. The third kappa shape index (κ3) is 6.33. The Labute approximate surface area is 114 Å². The lowest BCUT2D eigenvalue weighted by atomic mass is 10.2. The first-order valence-corrected chi connectivity index (χ1v) is 6.35. The first-order valence-electron chi connectivity index (χ1n) is 6.35. The van der Waals surface area contributed by atoms with Crippen LogP contribution in [0.2, 0.25) is 0 Å². The third-order valence-corrected chi connectivity index (χ3v) is 2.70. The molecule has 1 atom stereocenters. The maximum absolute atomic E-state index is 11.8. The molecule has 5 heteroatoms. The lowest BCUT2D eigenvalue weighted by Crippen LogP contribution is -2.39. The number of ether oxygens (including phenoxy) is 1. The van der Waals surface area contributed by atoms with E-state index in [9.17, 15) is 4.79 Å². The number of rotatable bonds is 8. The summed E-state index contributed by atoms with van der Waals surface area (Å²) in [6, 6.07) is 7.63. The molecular weight excluding hydrogens is 244 g/mol.